The summed E-state index contributed by atoms with van der Waals surface area (Å²) in [7, 11) is 0. The Bertz CT molecular complexity index is 826. The molecule has 2 aromatic heterocycles. The first-order valence-corrected chi connectivity index (χ1v) is 6.26. The second kappa shape index (κ2) is 5.18. The third kappa shape index (κ3) is 2.52. The summed E-state index contributed by atoms with van der Waals surface area (Å²) in [4.78, 5) is 15.7. The van der Waals surface area contributed by atoms with Gasteiger partial charge in [0.1, 0.15) is 0 Å². The normalized spacial score (nSPS) is 11.6. The number of nitrogens with zero attached hydrogens (tertiary/aromatic N) is 1. The Morgan fingerprint density at radius 2 is 1.95 bits per heavy atom. The Labute approximate surface area is 122 Å². The van der Waals surface area contributed by atoms with Crippen molar-refractivity contribution in [2.45, 2.75) is 6.18 Å². The van der Waals surface area contributed by atoms with E-state index in [4.69, 9.17) is 4.42 Å². The largest absolute Gasteiger partial charge is 0.459 e. The Balaban J connectivity index is 2.06. The van der Waals surface area contributed by atoms with Crippen LogP contribution >= 0.6 is 0 Å². The number of anilines is 1. The Hall–Kier alpha value is -2.83. The van der Waals surface area contributed by atoms with Crippen molar-refractivity contribution in [2.75, 3.05) is 5.32 Å². The summed E-state index contributed by atoms with van der Waals surface area (Å²) >= 11 is 0. The smallest absolute Gasteiger partial charge is 0.418 e. The van der Waals surface area contributed by atoms with E-state index in [1.54, 1.807) is 6.07 Å². The number of carbonyl (C=O) groups is 1. The molecule has 22 heavy (non-hydrogen) atoms. The first kappa shape index (κ1) is 14.1. The molecule has 7 heteroatoms. The van der Waals surface area contributed by atoms with Crippen molar-refractivity contribution in [1.82, 2.24) is 4.98 Å². The van der Waals surface area contributed by atoms with Gasteiger partial charge in [0.05, 0.1) is 23.0 Å². The molecule has 0 fully saturated rings. The van der Waals surface area contributed by atoms with E-state index in [9.17, 15) is 18.0 Å². The first-order chi connectivity index (χ1) is 10.5. The van der Waals surface area contributed by atoms with E-state index in [2.05, 4.69) is 10.3 Å². The van der Waals surface area contributed by atoms with Gasteiger partial charge in [-0.05, 0) is 24.3 Å². The van der Waals surface area contributed by atoms with Crippen molar-refractivity contribution in [3.05, 3.63) is 60.2 Å². The summed E-state index contributed by atoms with van der Waals surface area (Å²) in [6.07, 6.45) is -1.97. The minimum absolute atomic E-state index is 0.0666. The lowest BCUT2D eigenvalue weighted by molar-refractivity contribution is -0.136. The van der Waals surface area contributed by atoms with Gasteiger partial charge < -0.3 is 9.73 Å². The monoisotopic (exact) mass is 306 g/mol. The Morgan fingerprint density at radius 1 is 1.14 bits per heavy atom. The quantitative estimate of drug-likeness (QED) is 0.775. The predicted molar refractivity (Wildman–Crippen MR) is 73.4 cm³/mol. The standard InChI is InChI=1S/C15H9F3N2O2/c16-15(17,18)10-4-1-3-9-11(6-7-19-13(9)10)20-14(21)12-5-2-8-22-12/h1-8H,(H,19,20,21). The van der Waals surface area contributed by atoms with Crippen LogP contribution in [0, 0.1) is 0 Å². The number of fused-ring (bicyclic) bond motifs is 1. The number of hydrogen-bond donors (Lipinski definition) is 1. The number of para-hydroxylation sites is 1. The summed E-state index contributed by atoms with van der Waals surface area (Å²) in [5, 5.41) is 2.73. The molecule has 0 spiro atoms. The third-order valence-corrected chi connectivity index (χ3v) is 3.07. The van der Waals surface area contributed by atoms with E-state index in [1.807, 2.05) is 0 Å². The predicted octanol–water partition coefficient (Wildman–Crippen LogP) is 4.10. The zero-order chi connectivity index (χ0) is 15.7. The SMILES string of the molecule is O=C(Nc1ccnc2c(C(F)(F)F)cccc12)c1ccco1. The number of hydrogen-bond acceptors (Lipinski definition) is 3. The summed E-state index contributed by atoms with van der Waals surface area (Å²) in [5.74, 6) is -0.480. The van der Waals surface area contributed by atoms with Crippen molar-refractivity contribution < 1.29 is 22.4 Å². The molecule has 1 N–H and O–H groups in total. The molecular formula is C15H9F3N2O2. The van der Waals surface area contributed by atoms with E-state index < -0.39 is 17.6 Å². The van der Waals surface area contributed by atoms with E-state index in [0.29, 0.717) is 0 Å². The summed E-state index contributed by atoms with van der Waals surface area (Å²) < 4.78 is 43.9. The van der Waals surface area contributed by atoms with Gasteiger partial charge in [-0.2, -0.15) is 13.2 Å². The maximum absolute atomic E-state index is 13.0. The summed E-state index contributed by atoms with van der Waals surface area (Å²) in [5.41, 5.74) is -0.830. The molecular weight excluding hydrogens is 297 g/mol. The molecule has 0 aliphatic heterocycles. The molecule has 4 nitrogen and oxygen atoms in total. The van der Waals surface area contributed by atoms with Crippen molar-refractivity contribution in [1.29, 1.82) is 0 Å². The molecule has 0 radical (unpaired) electrons. The van der Waals surface area contributed by atoms with Crippen LogP contribution in [0.3, 0.4) is 0 Å². The highest BCUT2D eigenvalue weighted by atomic mass is 19.4. The van der Waals surface area contributed by atoms with Gasteiger partial charge in [-0.15, -0.1) is 0 Å². The lowest BCUT2D eigenvalue weighted by atomic mass is 10.1. The summed E-state index contributed by atoms with van der Waals surface area (Å²) in [6, 6.07) is 8.13. The van der Waals surface area contributed by atoms with E-state index in [-0.39, 0.29) is 22.4 Å². The van der Waals surface area contributed by atoms with Crippen LogP contribution < -0.4 is 5.32 Å². The number of rotatable bonds is 2. The number of amides is 1. The van der Waals surface area contributed by atoms with Gasteiger partial charge in [0.25, 0.3) is 5.91 Å². The zero-order valence-corrected chi connectivity index (χ0v) is 11.0. The van der Waals surface area contributed by atoms with Gasteiger partial charge in [-0.3, -0.25) is 9.78 Å². The zero-order valence-electron chi connectivity index (χ0n) is 11.0. The van der Waals surface area contributed by atoms with Crippen molar-refractivity contribution in [2.24, 2.45) is 0 Å². The van der Waals surface area contributed by atoms with Gasteiger partial charge in [-0.1, -0.05) is 12.1 Å². The molecule has 1 aromatic carbocycles. The molecule has 0 atom stereocenters. The molecule has 0 unspecified atom stereocenters. The van der Waals surface area contributed by atoms with Crippen LogP contribution in [0.25, 0.3) is 10.9 Å². The summed E-state index contributed by atoms with van der Waals surface area (Å²) in [6.45, 7) is 0. The molecule has 0 saturated carbocycles. The fraction of sp³-hybridized carbons (Fsp3) is 0.0667. The average Bonchev–Trinajstić information content (AvgIpc) is 3.00. The Kier molecular flexibility index (Phi) is 3.32. The van der Waals surface area contributed by atoms with E-state index in [0.717, 1.165) is 6.07 Å². The number of benzene rings is 1. The van der Waals surface area contributed by atoms with Crippen LogP contribution in [0.1, 0.15) is 16.1 Å². The topological polar surface area (TPSA) is 55.1 Å². The molecule has 1 amide bonds. The highest BCUT2D eigenvalue weighted by molar-refractivity contribution is 6.07. The van der Waals surface area contributed by atoms with Crippen LogP contribution in [0.2, 0.25) is 0 Å². The molecule has 0 bridgehead atoms. The highest BCUT2D eigenvalue weighted by Crippen LogP contribution is 2.35. The van der Waals surface area contributed by atoms with E-state index in [1.165, 1.54) is 36.7 Å². The number of aromatic nitrogens is 1. The number of nitrogens with one attached hydrogen (secondary N) is 1. The maximum Gasteiger partial charge on any atom is 0.418 e. The molecule has 112 valence electrons. The Morgan fingerprint density at radius 3 is 2.64 bits per heavy atom. The van der Waals surface area contributed by atoms with Crippen LogP contribution in [-0.2, 0) is 6.18 Å². The maximum atomic E-state index is 13.0. The second-order valence-corrected chi connectivity index (χ2v) is 4.49. The number of halogens is 3. The fourth-order valence-electron chi connectivity index (χ4n) is 2.11. The molecule has 0 aliphatic carbocycles. The van der Waals surface area contributed by atoms with Crippen LogP contribution in [0.15, 0.2) is 53.3 Å². The number of furan rings is 1. The van der Waals surface area contributed by atoms with Gasteiger partial charge in [0.15, 0.2) is 5.76 Å². The second-order valence-electron chi connectivity index (χ2n) is 4.49. The highest BCUT2D eigenvalue weighted by Gasteiger charge is 2.33. The number of pyridine rings is 1. The van der Waals surface area contributed by atoms with Crippen LogP contribution in [-0.4, -0.2) is 10.9 Å². The van der Waals surface area contributed by atoms with Gasteiger partial charge in [-0.25, -0.2) is 0 Å². The van der Waals surface area contributed by atoms with Crippen molar-refractivity contribution in [3.63, 3.8) is 0 Å². The minimum atomic E-state index is -4.52. The molecule has 0 saturated heterocycles. The minimum Gasteiger partial charge on any atom is -0.459 e. The van der Waals surface area contributed by atoms with Crippen LogP contribution in [0.5, 0.6) is 0 Å². The first-order valence-electron chi connectivity index (χ1n) is 6.26. The van der Waals surface area contributed by atoms with Gasteiger partial charge >= 0.3 is 6.18 Å². The fourth-order valence-corrected chi connectivity index (χ4v) is 2.11. The number of carbonyl (C=O) groups excluding carboxylic acids is 1. The van der Waals surface area contributed by atoms with Crippen molar-refractivity contribution >= 4 is 22.5 Å². The lowest BCUT2D eigenvalue weighted by Gasteiger charge is -2.12. The van der Waals surface area contributed by atoms with E-state index >= 15 is 0 Å². The molecule has 2 heterocycles. The average molecular weight is 306 g/mol. The molecule has 3 aromatic rings. The number of alkyl halides is 3. The van der Waals surface area contributed by atoms with Crippen molar-refractivity contribution in [3.8, 4) is 0 Å². The van der Waals surface area contributed by atoms with Gasteiger partial charge in [0, 0.05) is 11.6 Å². The van der Waals surface area contributed by atoms with Crippen LogP contribution in [0.4, 0.5) is 18.9 Å². The molecule has 0 aliphatic rings. The third-order valence-electron chi connectivity index (χ3n) is 3.07. The lowest BCUT2D eigenvalue weighted by Crippen LogP contribution is -2.12. The molecule has 3 rings (SSSR count). The van der Waals surface area contributed by atoms with Gasteiger partial charge in [0.2, 0.25) is 0 Å².